The van der Waals surface area contributed by atoms with Crippen LogP contribution in [0.15, 0.2) is 12.4 Å². The molecule has 186 valence electrons. The van der Waals surface area contributed by atoms with E-state index in [4.69, 9.17) is 10.5 Å². The molecule has 1 fully saturated rings. The lowest BCUT2D eigenvalue weighted by Gasteiger charge is -2.41. The SMILES string of the molecule is CCCCCN1CC(c2c(C)c(C#N)cc(C(C)n3nc(C(F)F)c4c(N)ncnc43)c2OC)C1. The van der Waals surface area contributed by atoms with Crippen LogP contribution in [0.4, 0.5) is 14.6 Å². The van der Waals surface area contributed by atoms with Crippen molar-refractivity contribution in [1.29, 1.82) is 5.26 Å². The molecule has 4 rings (SSSR count). The molecule has 0 spiro atoms. The molecule has 1 atom stereocenters. The molecular weight excluding hydrogens is 452 g/mol. The minimum Gasteiger partial charge on any atom is -0.496 e. The van der Waals surface area contributed by atoms with E-state index in [1.54, 1.807) is 13.2 Å². The Hall–Kier alpha value is -3.32. The predicted octanol–water partition coefficient (Wildman–Crippen LogP) is 4.73. The van der Waals surface area contributed by atoms with Crippen molar-refractivity contribution in [2.75, 3.05) is 32.5 Å². The summed E-state index contributed by atoms with van der Waals surface area (Å²) >= 11 is 0. The van der Waals surface area contributed by atoms with E-state index in [2.05, 4.69) is 33.0 Å². The van der Waals surface area contributed by atoms with Crippen molar-refractivity contribution in [3.05, 3.63) is 40.3 Å². The second-order valence-electron chi connectivity index (χ2n) is 9.12. The van der Waals surface area contributed by atoms with E-state index in [9.17, 15) is 14.0 Å². The highest BCUT2D eigenvalue weighted by Crippen LogP contribution is 2.43. The predicted molar refractivity (Wildman–Crippen MR) is 130 cm³/mol. The van der Waals surface area contributed by atoms with Crippen LogP contribution in [-0.2, 0) is 0 Å². The van der Waals surface area contributed by atoms with Crippen molar-refractivity contribution in [1.82, 2.24) is 24.6 Å². The number of unbranched alkanes of at least 4 members (excludes halogenated alkanes) is 2. The summed E-state index contributed by atoms with van der Waals surface area (Å²) in [5.41, 5.74) is 8.78. The summed E-state index contributed by atoms with van der Waals surface area (Å²) in [5.74, 6) is 0.849. The zero-order chi connectivity index (χ0) is 25.3. The minimum absolute atomic E-state index is 0.0443. The van der Waals surface area contributed by atoms with Crippen LogP contribution in [0.25, 0.3) is 11.0 Å². The molecular formula is C25H31F2N7O. The molecule has 0 saturated carbocycles. The zero-order valence-electron chi connectivity index (χ0n) is 20.6. The van der Waals surface area contributed by atoms with Gasteiger partial charge in [-0.25, -0.2) is 23.4 Å². The second-order valence-corrected chi connectivity index (χ2v) is 9.12. The fourth-order valence-corrected chi connectivity index (χ4v) is 5.04. The standard InChI is InChI=1S/C25H31F2N7O/c1-5-6-7-8-33-11-17(12-33)19-14(2)16(10-28)9-18(22(19)35-4)15(3)34-25-20(21(32-34)23(26)27)24(29)30-13-31-25/h9,13,15,17,23H,5-8,11-12H2,1-4H3,(H2,29,30,31). The van der Waals surface area contributed by atoms with Crippen molar-refractivity contribution >= 4 is 16.9 Å². The molecule has 1 aliphatic rings. The van der Waals surface area contributed by atoms with E-state index in [-0.39, 0.29) is 22.8 Å². The van der Waals surface area contributed by atoms with Crippen molar-refractivity contribution in [3.63, 3.8) is 0 Å². The van der Waals surface area contributed by atoms with E-state index in [0.29, 0.717) is 16.9 Å². The Bertz CT molecular complexity index is 1260. The fraction of sp³-hybridized carbons (Fsp3) is 0.520. The highest BCUT2D eigenvalue weighted by atomic mass is 19.3. The molecule has 2 aromatic heterocycles. The van der Waals surface area contributed by atoms with Crippen molar-refractivity contribution in [2.24, 2.45) is 0 Å². The lowest BCUT2D eigenvalue weighted by molar-refractivity contribution is 0.143. The van der Waals surface area contributed by atoms with E-state index in [1.165, 1.54) is 30.3 Å². The number of ether oxygens (including phenoxy) is 1. The van der Waals surface area contributed by atoms with Crippen LogP contribution in [0.2, 0.25) is 0 Å². The van der Waals surface area contributed by atoms with Gasteiger partial charge in [-0.2, -0.15) is 10.4 Å². The van der Waals surface area contributed by atoms with Gasteiger partial charge in [-0.15, -0.1) is 0 Å². The van der Waals surface area contributed by atoms with Crippen molar-refractivity contribution in [2.45, 2.75) is 58.4 Å². The summed E-state index contributed by atoms with van der Waals surface area (Å²) in [6, 6.07) is 3.52. The number of benzene rings is 1. The van der Waals surface area contributed by atoms with Crippen LogP contribution in [0.5, 0.6) is 5.75 Å². The summed E-state index contributed by atoms with van der Waals surface area (Å²) in [7, 11) is 1.60. The molecule has 0 amide bonds. The Labute approximate surface area is 203 Å². The Morgan fingerprint density at radius 2 is 2.03 bits per heavy atom. The Balaban J connectivity index is 1.78. The molecule has 0 bridgehead atoms. The summed E-state index contributed by atoms with van der Waals surface area (Å²) in [6.07, 6.45) is 1.96. The Morgan fingerprint density at radius 3 is 2.66 bits per heavy atom. The maximum absolute atomic E-state index is 13.8. The number of nitrogens with two attached hydrogens (primary N) is 1. The number of nitrogen functional groups attached to an aromatic ring is 1. The lowest BCUT2D eigenvalue weighted by Crippen LogP contribution is -2.45. The zero-order valence-corrected chi connectivity index (χ0v) is 20.6. The van der Waals surface area contributed by atoms with Crippen LogP contribution in [-0.4, -0.2) is 51.4 Å². The van der Waals surface area contributed by atoms with E-state index >= 15 is 0 Å². The summed E-state index contributed by atoms with van der Waals surface area (Å²) in [4.78, 5) is 10.5. The highest BCUT2D eigenvalue weighted by molar-refractivity contribution is 5.88. The number of halogens is 2. The van der Waals surface area contributed by atoms with Gasteiger partial charge < -0.3 is 15.4 Å². The third kappa shape index (κ3) is 4.41. The maximum Gasteiger partial charge on any atom is 0.282 e. The number of aromatic nitrogens is 4. The van der Waals surface area contributed by atoms with E-state index in [1.807, 2.05) is 13.8 Å². The summed E-state index contributed by atoms with van der Waals surface area (Å²) in [5, 5.41) is 14.1. The molecule has 10 heteroatoms. The molecule has 35 heavy (non-hydrogen) atoms. The normalized spacial score (nSPS) is 15.4. The first-order chi connectivity index (χ1) is 16.8. The first-order valence-corrected chi connectivity index (χ1v) is 11.9. The van der Waals surface area contributed by atoms with Gasteiger partial charge >= 0.3 is 0 Å². The number of alkyl halides is 2. The largest absolute Gasteiger partial charge is 0.496 e. The number of likely N-dealkylation sites (tertiary alicyclic amines) is 1. The van der Waals surface area contributed by atoms with Gasteiger partial charge in [-0.1, -0.05) is 19.8 Å². The topological polar surface area (TPSA) is 106 Å². The number of methoxy groups -OCH3 is 1. The first kappa shape index (κ1) is 24.8. The Morgan fingerprint density at radius 1 is 1.29 bits per heavy atom. The quantitative estimate of drug-likeness (QED) is 0.439. The van der Waals surface area contributed by atoms with Crippen molar-refractivity contribution < 1.29 is 13.5 Å². The van der Waals surface area contributed by atoms with Gasteiger partial charge in [-0.3, -0.25) is 0 Å². The van der Waals surface area contributed by atoms with Gasteiger partial charge in [0, 0.05) is 30.1 Å². The van der Waals surface area contributed by atoms with Gasteiger partial charge in [0.25, 0.3) is 6.43 Å². The molecule has 3 heterocycles. The molecule has 8 nitrogen and oxygen atoms in total. The molecule has 3 aromatic rings. The first-order valence-electron chi connectivity index (χ1n) is 11.9. The number of nitrogens with zero attached hydrogens (tertiary/aromatic N) is 6. The van der Waals surface area contributed by atoms with Crippen molar-refractivity contribution in [3.8, 4) is 11.8 Å². The molecule has 1 aliphatic heterocycles. The number of hydrogen-bond donors (Lipinski definition) is 1. The van der Waals surface area contributed by atoms with Gasteiger partial charge in [0.15, 0.2) is 5.65 Å². The molecule has 0 aliphatic carbocycles. The molecule has 0 radical (unpaired) electrons. The molecule has 1 aromatic carbocycles. The maximum atomic E-state index is 13.8. The van der Waals surface area contributed by atoms with Gasteiger partial charge in [0.05, 0.1) is 30.2 Å². The third-order valence-corrected chi connectivity index (χ3v) is 6.95. The van der Waals surface area contributed by atoms with Crippen LogP contribution < -0.4 is 10.5 Å². The smallest absolute Gasteiger partial charge is 0.282 e. The number of anilines is 1. The third-order valence-electron chi connectivity index (χ3n) is 6.95. The molecule has 2 N–H and O–H groups in total. The van der Waals surface area contributed by atoms with Gasteiger partial charge in [0.1, 0.15) is 23.6 Å². The number of fused-ring (bicyclic) bond motifs is 1. The molecule has 1 unspecified atom stereocenters. The molecule has 1 saturated heterocycles. The van der Waals surface area contributed by atoms with Crippen LogP contribution in [0.3, 0.4) is 0 Å². The monoisotopic (exact) mass is 483 g/mol. The fourth-order valence-electron chi connectivity index (χ4n) is 5.04. The lowest BCUT2D eigenvalue weighted by atomic mass is 9.83. The average Bonchev–Trinajstić information content (AvgIpc) is 3.21. The Kier molecular flexibility index (Phi) is 7.17. The summed E-state index contributed by atoms with van der Waals surface area (Å²) < 4.78 is 34.9. The highest BCUT2D eigenvalue weighted by Gasteiger charge is 2.34. The average molecular weight is 484 g/mol. The summed E-state index contributed by atoms with van der Waals surface area (Å²) in [6.45, 7) is 8.81. The van der Waals surface area contributed by atoms with Crippen LogP contribution in [0, 0.1) is 18.3 Å². The van der Waals surface area contributed by atoms with E-state index < -0.39 is 18.2 Å². The number of hydrogen-bond acceptors (Lipinski definition) is 7. The van der Waals surface area contributed by atoms with Crippen LogP contribution >= 0.6 is 0 Å². The number of rotatable bonds is 9. The van der Waals surface area contributed by atoms with E-state index in [0.717, 1.165) is 30.8 Å². The minimum atomic E-state index is -2.84. The van der Waals surface area contributed by atoms with Gasteiger partial charge in [0.2, 0.25) is 0 Å². The van der Waals surface area contributed by atoms with Crippen LogP contribution in [0.1, 0.15) is 79.4 Å². The second kappa shape index (κ2) is 10.1. The number of nitriles is 1. The van der Waals surface area contributed by atoms with Gasteiger partial charge in [-0.05, 0) is 38.4 Å².